The predicted octanol–water partition coefficient (Wildman–Crippen LogP) is 2.67. The number of carbonyl (C=O) groups is 2. The molecule has 0 radical (unpaired) electrons. The van der Waals surface area contributed by atoms with Crippen LogP contribution in [0.25, 0.3) is 0 Å². The van der Waals surface area contributed by atoms with Crippen LogP contribution < -0.4 is 4.90 Å². The maximum absolute atomic E-state index is 12.8. The molecule has 1 saturated heterocycles. The van der Waals surface area contributed by atoms with E-state index in [1.54, 1.807) is 28.6 Å². The second-order valence-electron chi connectivity index (χ2n) is 6.50. The van der Waals surface area contributed by atoms with Crippen LogP contribution in [0.3, 0.4) is 0 Å². The second-order valence-corrected chi connectivity index (χ2v) is 7.38. The summed E-state index contributed by atoms with van der Waals surface area (Å²) in [5.41, 5.74) is 0.169. The lowest BCUT2D eigenvalue weighted by molar-refractivity contribution is -0.140. The van der Waals surface area contributed by atoms with Gasteiger partial charge in [-0.1, -0.05) is 0 Å². The third-order valence-corrected chi connectivity index (χ3v) is 5.96. The minimum absolute atomic E-state index is 0.0294. The minimum atomic E-state index is -0.659. The van der Waals surface area contributed by atoms with Gasteiger partial charge in [0, 0.05) is 30.6 Å². The Bertz CT molecular complexity index is 691. The van der Waals surface area contributed by atoms with E-state index in [2.05, 4.69) is 6.07 Å². The van der Waals surface area contributed by atoms with Gasteiger partial charge in [-0.3, -0.25) is 9.59 Å². The molecule has 126 valence electrons. The van der Waals surface area contributed by atoms with Crippen molar-refractivity contribution in [3.05, 3.63) is 24.3 Å². The molecule has 1 aliphatic carbocycles. The topological polar surface area (TPSA) is 64.4 Å². The van der Waals surface area contributed by atoms with Crippen LogP contribution in [0.4, 0.5) is 5.69 Å². The Morgan fingerprint density at radius 3 is 2.54 bits per heavy atom. The van der Waals surface area contributed by atoms with Gasteiger partial charge in [0.2, 0.25) is 11.8 Å². The summed E-state index contributed by atoms with van der Waals surface area (Å²) in [5, 5.41) is 9.41. The van der Waals surface area contributed by atoms with Crippen LogP contribution >= 0.6 is 11.8 Å². The first-order valence-electron chi connectivity index (χ1n) is 8.14. The van der Waals surface area contributed by atoms with Crippen molar-refractivity contribution >= 4 is 29.3 Å². The maximum Gasteiger partial charge on any atom is 0.229 e. The molecule has 1 saturated carbocycles. The normalized spacial score (nSPS) is 22.0. The van der Waals surface area contributed by atoms with Gasteiger partial charge in [-0.05, 0) is 49.8 Å². The molecule has 3 rings (SSSR count). The van der Waals surface area contributed by atoms with Crippen molar-refractivity contribution in [2.45, 2.75) is 36.1 Å². The van der Waals surface area contributed by atoms with E-state index in [9.17, 15) is 14.9 Å². The molecule has 0 N–H and O–H groups in total. The van der Waals surface area contributed by atoms with Gasteiger partial charge in [-0.15, -0.1) is 11.8 Å². The van der Waals surface area contributed by atoms with Gasteiger partial charge in [0.05, 0.1) is 12.0 Å². The summed E-state index contributed by atoms with van der Waals surface area (Å²) in [7, 11) is 1.70. The zero-order valence-electron chi connectivity index (χ0n) is 14.0. The molecule has 6 heteroatoms. The number of hydrogen-bond acceptors (Lipinski definition) is 4. The van der Waals surface area contributed by atoms with Crippen molar-refractivity contribution in [2.75, 3.05) is 24.7 Å². The fourth-order valence-corrected chi connectivity index (χ4v) is 3.81. The Kier molecular flexibility index (Phi) is 4.55. The molecular formula is C18H21N3O2S. The predicted molar refractivity (Wildman–Crippen MR) is 93.6 cm³/mol. The summed E-state index contributed by atoms with van der Waals surface area (Å²) in [6.07, 6.45) is 4.65. The molecule has 0 spiro atoms. The third-order valence-electron chi connectivity index (χ3n) is 5.22. The summed E-state index contributed by atoms with van der Waals surface area (Å²) in [6, 6.07) is 10.1. The van der Waals surface area contributed by atoms with E-state index in [0.717, 1.165) is 29.8 Å². The van der Waals surface area contributed by atoms with E-state index in [-0.39, 0.29) is 24.2 Å². The number of nitrogens with zero attached hydrogens (tertiary/aromatic N) is 3. The number of thioether (sulfide) groups is 1. The minimum Gasteiger partial charge on any atom is -0.327 e. The molecular weight excluding hydrogens is 322 g/mol. The third kappa shape index (κ3) is 2.78. The Morgan fingerprint density at radius 1 is 1.38 bits per heavy atom. The summed E-state index contributed by atoms with van der Waals surface area (Å²) < 4.78 is 0. The zero-order valence-corrected chi connectivity index (χ0v) is 14.8. The SMILES string of the molecule is CSc1ccc(N2C[C@H](C(=O)N(C)C3(C#N)CCC3)CC2=O)cc1. The highest BCUT2D eigenvalue weighted by molar-refractivity contribution is 7.98. The fourth-order valence-electron chi connectivity index (χ4n) is 3.40. The fraction of sp³-hybridized carbons (Fsp3) is 0.500. The molecule has 0 bridgehead atoms. The van der Waals surface area contributed by atoms with Crippen LogP contribution in [0.2, 0.25) is 0 Å². The van der Waals surface area contributed by atoms with Gasteiger partial charge in [-0.25, -0.2) is 0 Å². The molecule has 5 nitrogen and oxygen atoms in total. The molecule has 0 aromatic heterocycles. The molecule has 2 amide bonds. The number of rotatable bonds is 4. The molecule has 2 aliphatic rings. The van der Waals surface area contributed by atoms with Crippen molar-refractivity contribution in [3.8, 4) is 6.07 Å². The monoisotopic (exact) mass is 343 g/mol. The van der Waals surface area contributed by atoms with E-state index >= 15 is 0 Å². The lowest BCUT2D eigenvalue weighted by Gasteiger charge is -2.43. The molecule has 2 fully saturated rings. The van der Waals surface area contributed by atoms with Crippen LogP contribution in [0.15, 0.2) is 29.2 Å². The number of anilines is 1. The second kappa shape index (κ2) is 6.48. The van der Waals surface area contributed by atoms with Crippen molar-refractivity contribution in [1.29, 1.82) is 5.26 Å². The Hall–Kier alpha value is -2.00. The molecule has 1 heterocycles. The van der Waals surface area contributed by atoms with Crippen LogP contribution in [0, 0.1) is 17.2 Å². The van der Waals surface area contributed by atoms with Gasteiger partial charge < -0.3 is 9.80 Å². The zero-order chi connectivity index (χ0) is 17.3. The highest BCUT2D eigenvalue weighted by Gasteiger charge is 2.46. The highest BCUT2D eigenvalue weighted by Crippen LogP contribution is 2.38. The first-order chi connectivity index (χ1) is 11.5. The van der Waals surface area contributed by atoms with Crippen molar-refractivity contribution < 1.29 is 9.59 Å². The van der Waals surface area contributed by atoms with E-state index in [0.29, 0.717) is 6.54 Å². The van der Waals surface area contributed by atoms with E-state index < -0.39 is 5.54 Å². The molecule has 1 atom stereocenters. The van der Waals surface area contributed by atoms with E-state index in [4.69, 9.17) is 0 Å². The van der Waals surface area contributed by atoms with Crippen LogP contribution in [0.1, 0.15) is 25.7 Å². The molecule has 24 heavy (non-hydrogen) atoms. The van der Waals surface area contributed by atoms with E-state index in [1.807, 2.05) is 30.5 Å². The average Bonchev–Trinajstić information content (AvgIpc) is 2.95. The number of amides is 2. The van der Waals surface area contributed by atoms with Crippen molar-refractivity contribution in [2.24, 2.45) is 5.92 Å². The quantitative estimate of drug-likeness (QED) is 0.789. The number of benzene rings is 1. The van der Waals surface area contributed by atoms with Crippen LogP contribution in [-0.4, -0.2) is 42.1 Å². The number of hydrogen-bond donors (Lipinski definition) is 0. The van der Waals surface area contributed by atoms with Gasteiger partial charge in [0.1, 0.15) is 5.54 Å². The molecule has 1 aromatic rings. The first-order valence-corrected chi connectivity index (χ1v) is 9.36. The van der Waals surface area contributed by atoms with Crippen molar-refractivity contribution in [3.63, 3.8) is 0 Å². The van der Waals surface area contributed by atoms with E-state index in [1.165, 1.54) is 0 Å². The maximum atomic E-state index is 12.8. The summed E-state index contributed by atoms with van der Waals surface area (Å²) in [5.74, 6) is -0.486. The van der Waals surface area contributed by atoms with Gasteiger partial charge in [0.25, 0.3) is 0 Å². The highest BCUT2D eigenvalue weighted by atomic mass is 32.2. The Balaban J connectivity index is 1.72. The Labute approximate surface area is 146 Å². The molecule has 0 unspecified atom stereocenters. The largest absolute Gasteiger partial charge is 0.327 e. The summed E-state index contributed by atoms with van der Waals surface area (Å²) in [4.78, 5) is 29.5. The Morgan fingerprint density at radius 2 is 2.04 bits per heavy atom. The molecule has 1 aliphatic heterocycles. The first kappa shape index (κ1) is 16.8. The lowest BCUT2D eigenvalue weighted by Crippen LogP contribution is -2.55. The van der Waals surface area contributed by atoms with Gasteiger partial charge in [-0.2, -0.15) is 5.26 Å². The summed E-state index contributed by atoms with van der Waals surface area (Å²) >= 11 is 1.65. The lowest BCUT2D eigenvalue weighted by atomic mass is 9.76. The van der Waals surface area contributed by atoms with Crippen molar-refractivity contribution in [1.82, 2.24) is 4.90 Å². The summed E-state index contributed by atoms with van der Waals surface area (Å²) in [6.45, 7) is 0.391. The van der Waals surface area contributed by atoms with Gasteiger partial charge in [0.15, 0.2) is 0 Å². The number of carbonyl (C=O) groups excluding carboxylic acids is 2. The number of nitriles is 1. The average molecular weight is 343 g/mol. The molecule has 1 aromatic carbocycles. The standard InChI is InChI=1S/C18H21N3O2S/c1-20(18(12-19)8-3-9-18)17(23)13-10-16(22)21(11-13)14-4-6-15(24-2)7-5-14/h4-7,13H,3,8-11H2,1-2H3/t13-/m1/s1. The van der Waals surface area contributed by atoms with Gasteiger partial charge >= 0.3 is 0 Å². The smallest absolute Gasteiger partial charge is 0.229 e. The van der Waals surface area contributed by atoms with Crippen LogP contribution in [0.5, 0.6) is 0 Å². The van der Waals surface area contributed by atoms with Crippen LogP contribution in [-0.2, 0) is 9.59 Å².